The summed E-state index contributed by atoms with van der Waals surface area (Å²) in [5.74, 6) is -12.8. The highest BCUT2D eigenvalue weighted by Gasteiger charge is 2.39. The number of halogens is 5. The number of anilines is 1. The Morgan fingerprint density at radius 3 is 2.04 bits per heavy atom. The molecule has 1 heterocycles. The quantitative estimate of drug-likeness (QED) is 0.0920. The predicted octanol–water partition coefficient (Wildman–Crippen LogP) is 8.76. The molecule has 5 aromatic carbocycles. The van der Waals surface area contributed by atoms with Crippen molar-refractivity contribution in [1.29, 1.82) is 0 Å². The van der Waals surface area contributed by atoms with Crippen LogP contribution in [0, 0.1) is 35.0 Å². The zero-order valence-electron chi connectivity index (χ0n) is 27.5. The predicted molar refractivity (Wildman–Crippen MR) is 179 cm³/mol. The Hall–Kier alpha value is -4.68. The number of rotatable bonds is 9. The van der Waals surface area contributed by atoms with Crippen LogP contribution in [-0.4, -0.2) is 35.6 Å². The number of hydrogen-bond donors (Lipinski definition) is 2. The summed E-state index contributed by atoms with van der Waals surface area (Å²) >= 11 is 0. The van der Waals surface area contributed by atoms with Gasteiger partial charge in [-0.2, -0.15) is 0 Å². The first-order chi connectivity index (χ1) is 24.0. The fourth-order valence-electron chi connectivity index (χ4n) is 6.21. The molecular formula is C39H35F5N2O4. The van der Waals surface area contributed by atoms with Crippen LogP contribution in [0.5, 0.6) is 0 Å². The normalized spacial score (nSPS) is 19.9. The van der Waals surface area contributed by atoms with Gasteiger partial charge in [0.15, 0.2) is 29.6 Å². The van der Waals surface area contributed by atoms with Crippen LogP contribution < -0.4 is 5.32 Å². The molecule has 1 aliphatic heterocycles. The molecule has 0 unspecified atom stereocenters. The molecule has 1 amide bonds. The lowest BCUT2D eigenvalue weighted by atomic mass is 9.89. The second kappa shape index (κ2) is 14.7. The van der Waals surface area contributed by atoms with Crippen LogP contribution in [0.3, 0.4) is 0 Å². The monoisotopic (exact) mass is 690 g/mol. The zero-order valence-corrected chi connectivity index (χ0v) is 27.5. The number of fused-ring (bicyclic) bond motifs is 1. The van der Waals surface area contributed by atoms with E-state index in [0.29, 0.717) is 12.1 Å². The third-order valence-electron chi connectivity index (χ3n) is 9.39. The summed E-state index contributed by atoms with van der Waals surface area (Å²) in [5.41, 5.74) is 1.83. The van der Waals surface area contributed by atoms with Gasteiger partial charge in [0.25, 0.3) is 5.91 Å². The maximum atomic E-state index is 14.2. The van der Waals surface area contributed by atoms with E-state index in [1.165, 1.54) is 12.1 Å². The van der Waals surface area contributed by atoms with Gasteiger partial charge in [0.2, 0.25) is 5.82 Å². The van der Waals surface area contributed by atoms with Crippen molar-refractivity contribution in [3.05, 3.63) is 148 Å². The Morgan fingerprint density at radius 2 is 1.40 bits per heavy atom. The van der Waals surface area contributed by atoms with E-state index in [9.17, 15) is 31.9 Å². The molecule has 1 saturated heterocycles. The molecule has 6 nitrogen and oxygen atoms in total. The summed E-state index contributed by atoms with van der Waals surface area (Å²) in [7, 11) is 2.04. The number of benzene rings is 5. The molecular weight excluding hydrogens is 655 g/mol. The number of carbonyl (C=O) groups is 1. The van der Waals surface area contributed by atoms with Crippen LogP contribution in [0.15, 0.2) is 91.0 Å². The zero-order chi connectivity index (χ0) is 35.7. The van der Waals surface area contributed by atoms with Crippen LogP contribution in [0.1, 0.15) is 64.9 Å². The van der Waals surface area contributed by atoms with Gasteiger partial charge >= 0.3 is 0 Å². The molecule has 5 atom stereocenters. The van der Waals surface area contributed by atoms with E-state index in [1.54, 1.807) is 12.1 Å². The van der Waals surface area contributed by atoms with Gasteiger partial charge in [-0.1, -0.05) is 79.7 Å². The van der Waals surface area contributed by atoms with E-state index in [2.05, 4.69) is 54.4 Å². The van der Waals surface area contributed by atoms with Crippen LogP contribution in [0.2, 0.25) is 0 Å². The minimum Gasteiger partial charge on any atom is -0.392 e. The third-order valence-corrected chi connectivity index (χ3v) is 9.39. The molecule has 6 rings (SSSR count). The number of ether oxygens (including phenoxy) is 2. The molecule has 0 radical (unpaired) electrons. The summed E-state index contributed by atoms with van der Waals surface area (Å²) in [4.78, 5) is 14.8. The average molecular weight is 691 g/mol. The third kappa shape index (κ3) is 6.99. The first kappa shape index (κ1) is 35.2. The van der Waals surface area contributed by atoms with Crippen LogP contribution in [-0.2, 0) is 16.1 Å². The molecule has 1 fully saturated rings. The van der Waals surface area contributed by atoms with Crippen molar-refractivity contribution in [2.75, 3.05) is 18.9 Å². The standard InChI is InChI=1S/C39H35F5N2O4/c1-21-30(19-46(3)22(2)27-13-12-24-6-4-5-7-28(24)18-27)49-39(50-37(21)25-10-8-23(20-47)9-11-25)26-14-16-29(17-15-26)45-38(48)31-32(40)34(42)36(44)35(43)33(31)41/h4-18,21-22,30,37,39,47H,19-20H2,1-3H3,(H,45,48)/t21-,22+,30+,37+,39+/m0/s1. The summed E-state index contributed by atoms with van der Waals surface area (Å²) in [6, 6.07) is 28.1. The summed E-state index contributed by atoms with van der Waals surface area (Å²) < 4.78 is 82.4. The first-order valence-electron chi connectivity index (χ1n) is 16.1. The second-order valence-electron chi connectivity index (χ2n) is 12.6. The minimum atomic E-state index is -2.35. The summed E-state index contributed by atoms with van der Waals surface area (Å²) in [6.07, 6.45) is -1.56. The molecule has 11 heteroatoms. The van der Waals surface area contributed by atoms with Crippen LogP contribution >= 0.6 is 0 Å². The van der Waals surface area contributed by atoms with E-state index in [4.69, 9.17) is 9.47 Å². The van der Waals surface area contributed by atoms with Gasteiger partial charge in [-0.15, -0.1) is 0 Å². The molecule has 0 saturated carbocycles. The highest BCUT2D eigenvalue weighted by molar-refractivity contribution is 6.04. The van der Waals surface area contributed by atoms with Crippen LogP contribution in [0.25, 0.3) is 10.8 Å². The van der Waals surface area contributed by atoms with Gasteiger partial charge in [-0.05, 0) is 59.6 Å². The number of amides is 1. The van der Waals surface area contributed by atoms with Gasteiger partial charge in [0.05, 0.1) is 18.8 Å². The van der Waals surface area contributed by atoms with E-state index in [1.807, 2.05) is 43.4 Å². The van der Waals surface area contributed by atoms with Crippen molar-refractivity contribution in [3.8, 4) is 0 Å². The summed E-state index contributed by atoms with van der Waals surface area (Å²) in [6.45, 7) is 4.64. The molecule has 5 aromatic rings. The molecule has 260 valence electrons. The lowest BCUT2D eigenvalue weighted by Crippen LogP contribution is -2.44. The lowest BCUT2D eigenvalue weighted by Gasteiger charge is -2.43. The topological polar surface area (TPSA) is 71.0 Å². The van der Waals surface area contributed by atoms with Crippen molar-refractivity contribution < 1.29 is 41.3 Å². The lowest BCUT2D eigenvalue weighted by molar-refractivity contribution is -0.276. The fraction of sp³-hybridized carbons (Fsp3) is 0.256. The number of nitrogens with one attached hydrogen (secondary N) is 1. The number of likely N-dealkylation sites (N-methyl/N-ethyl adjacent to an activating group) is 1. The van der Waals surface area contributed by atoms with E-state index >= 15 is 0 Å². The molecule has 2 N–H and O–H groups in total. The number of aliphatic hydroxyl groups is 1. The Balaban J connectivity index is 1.23. The molecule has 1 aliphatic rings. The van der Waals surface area contributed by atoms with E-state index < -0.39 is 53.0 Å². The second-order valence-corrected chi connectivity index (χ2v) is 12.6. The molecule has 0 aromatic heterocycles. The van der Waals surface area contributed by atoms with Crippen molar-refractivity contribution in [2.45, 2.75) is 45.0 Å². The Morgan fingerprint density at radius 1 is 0.800 bits per heavy atom. The minimum absolute atomic E-state index is 0.0449. The van der Waals surface area contributed by atoms with Crippen molar-refractivity contribution in [3.63, 3.8) is 0 Å². The van der Waals surface area contributed by atoms with Crippen molar-refractivity contribution in [2.24, 2.45) is 5.92 Å². The highest BCUT2D eigenvalue weighted by Crippen LogP contribution is 2.42. The van der Waals surface area contributed by atoms with E-state index in [0.717, 1.165) is 27.5 Å². The molecule has 50 heavy (non-hydrogen) atoms. The Labute approximate surface area is 286 Å². The molecule has 0 bridgehead atoms. The maximum absolute atomic E-state index is 14.2. The van der Waals surface area contributed by atoms with E-state index in [-0.39, 0.29) is 30.4 Å². The number of nitrogens with zero attached hydrogens (tertiary/aromatic N) is 1. The van der Waals surface area contributed by atoms with Crippen molar-refractivity contribution in [1.82, 2.24) is 4.90 Å². The first-order valence-corrected chi connectivity index (χ1v) is 16.1. The highest BCUT2D eigenvalue weighted by atomic mass is 19.2. The number of carbonyl (C=O) groups excluding carboxylic acids is 1. The van der Waals surface area contributed by atoms with Gasteiger partial charge in [-0.3, -0.25) is 9.69 Å². The van der Waals surface area contributed by atoms with Gasteiger partial charge in [0, 0.05) is 29.8 Å². The maximum Gasteiger partial charge on any atom is 0.261 e. The molecule has 0 spiro atoms. The van der Waals surface area contributed by atoms with Gasteiger partial charge in [-0.25, -0.2) is 22.0 Å². The van der Waals surface area contributed by atoms with Gasteiger partial charge in [0.1, 0.15) is 5.56 Å². The van der Waals surface area contributed by atoms with Crippen LogP contribution in [0.4, 0.5) is 27.6 Å². The largest absolute Gasteiger partial charge is 0.392 e. The fourth-order valence-corrected chi connectivity index (χ4v) is 6.21. The SMILES string of the molecule is C[C@H]1[C@@H](CN(C)[C@H](C)c2ccc3ccccc3c2)O[C@@H](c2ccc(NC(=O)c3c(F)c(F)c(F)c(F)c3F)cc2)O[C@H]1c1ccc(CO)cc1. The summed E-state index contributed by atoms with van der Waals surface area (Å²) in [5, 5.41) is 14.1. The Bertz CT molecular complexity index is 1980. The van der Waals surface area contributed by atoms with Gasteiger partial charge < -0.3 is 19.9 Å². The van der Waals surface area contributed by atoms with Crippen molar-refractivity contribution >= 4 is 22.4 Å². The average Bonchev–Trinajstić information content (AvgIpc) is 3.14. The molecule has 0 aliphatic carbocycles. The number of hydrogen-bond acceptors (Lipinski definition) is 5. The smallest absolute Gasteiger partial charge is 0.261 e. The Kier molecular flexibility index (Phi) is 10.3. The number of aliphatic hydroxyl groups excluding tert-OH is 1.